The molecule has 1 saturated heterocycles. The number of methoxy groups -OCH3 is 1. The molecule has 1 aliphatic heterocycles. The fourth-order valence-corrected chi connectivity index (χ4v) is 5.41. The molecule has 11 nitrogen and oxygen atoms in total. The van der Waals surface area contributed by atoms with Crippen LogP contribution in [0.3, 0.4) is 0 Å². The maximum absolute atomic E-state index is 13.0. The number of nitrogens with one attached hydrogen (secondary N) is 2. The van der Waals surface area contributed by atoms with Gasteiger partial charge in [-0.25, -0.2) is 14.2 Å². The van der Waals surface area contributed by atoms with Crippen molar-refractivity contribution in [1.29, 1.82) is 0 Å². The van der Waals surface area contributed by atoms with E-state index >= 15 is 0 Å². The highest BCUT2D eigenvalue weighted by Gasteiger charge is 2.25. The van der Waals surface area contributed by atoms with Crippen LogP contribution in [-0.4, -0.2) is 81.3 Å². The zero-order chi connectivity index (χ0) is 32.1. The summed E-state index contributed by atoms with van der Waals surface area (Å²) in [5.41, 5.74) is 2.70. The second-order valence-corrected chi connectivity index (χ2v) is 12.1. The standard InChI is InChI=1S/C25H32N6O5S2.C3H8.C2H6/c1-15-8-19(26-22(9-15)30-10-16(2)36-17(3)11-30)21-14-37-25(28-21)29-24(33)20(13-35-4)27-23(32)18-6-7-31(12-18)38(5)34;1-3-2;1-2/h6-9,12,14,16-17,20H,10-11,13H2,1-5H3,(H,27,32)(H,28,29,33);3H2,1-2H3;1-2H3. The molecule has 4 unspecified atom stereocenters. The van der Waals surface area contributed by atoms with Crippen molar-refractivity contribution in [2.75, 3.05) is 43.3 Å². The number of thiazole rings is 1. The van der Waals surface area contributed by atoms with Gasteiger partial charge in [0.15, 0.2) is 5.13 Å². The van der Waals surface area contributed by atoms with Gasteiger partial charge in [0.05, 0.1) is 30.1 Å². The molecule has 0 radical (unpaired) electrons. The quantitative estimate of drug-likeness (QED) is 0.341. The number of hydrogen-bond acceptors (Lipinski definition) is 9. The average molecular weight is 635 g/mol. The minimum atomic E-state index is -1.29. The summed E-state index contributed by atoms with van der Waals surface area (Å²) in [5.74, 6) is -0.0764. The van der Waals surface area contributed by atoms with E-state index in [0.717, 1.165) is 24.5 Å². The minimum absolute atomic E-state index is 0.0323. The Kier molecular flexibility index (Phi) is 15.0. The molecule has 0 aliphatic carbocycles. The largest absolute Gasteiger partial charge is 0.382 e. The van der Waals surface area contributed by atoms with Gasteiger partial charge in [-0.05, 0) is 44.5 Å². The number of nitrogens with zero attached hydrogens (tertiary/aromatic N) is 4. The second-order valence-electron chi connectivity index (χ2n) is 9.95. The number of aromatic nitrogens is 3. The molecule has 0 saturated carbocycles. The summed E-state index contributed by atoms with van der Waals surface area (Å²) in [7, 11) is 0.161. The van der Waals surface area contributed by atoms with E-state index in [2.05, 4.69) is 48.2 Å². The van der Waals surface area contributed by atoms with Gasteiger partial charge in [-0.15, -0.1) is 11.3 Å². The lowest BCUT2D eigenvalue weighted by atomic mass is 10.2. The summed E-state index contributed by atoms with van der Waals surface area (Å²) < 4.78 is 24.0. The molecule has 0 bridgehead atoms. The van der Waals surface area contributed by atoms with Crippen LogP contribution < -0.4 is 15.5 Å². The lowest BCUT2D eigenvalue weighted by Gasteiger charge is -2.36. The highest BCUT2D eigenvalue weighted by molar-refractivity contribution is 7.82. The van der Waals surface area contributed by atoms with Crippen molar-refractivity contribution < 1.29 is 23.3 Å². The molecule has 3 aromatic heterocycles. The van der Waals surface area contributed by atoms with Gasteiger partial charge in [0.1, 0.15) is 28.5 Å². The third-order valence-corrected chi connectivity index (χ3v) is 7.46. The van der Waals surface area contributed by atoms with Crippen molar-refractivity contribution in [3.8, 4) is 11.4 Å². The first-order valence-corrected chi connectivity index (χ1v) is 16.9. The number of aryl methyl sites for hydroxylation is 1. The van der Waals surface area contributed by atoms with E-state index in [1.165, 1.54) is 47.4 Å². The molecule has 13 heteroatoms. The van der Waals surface area contributed by atoms with Gasteiger partial charge in [-0.3, -0.25) is 13.6 Å². The van der Waals surface area contributed by atoms with Crippen molar-refractivity contribution in [3.63, 3.8) is 0 Å². The van der Waals surface area contributed by atoms with Crippen LogP contribution in [0.1, 0.15) is 63.9 Å². The van der Waals surface area contributed by atoms with Crippen LogP contribution in [0.5, 0.6) is 0 Å². The summed E-state index contributed by atoms with van der Waals surface area (Å²) in [5, 5.41) is 7.65. The van der Waals surface area contributed by atoms with Crippen LogP contribution in [0.25, 0.3) is 11.4 Å². The van der Waals surface area contributed by atoms with E-state index in [1.54, 1.807) is 6.20 Å². The van der Waals surface area contributed by atoms with E-state index in [1.807, 2.05) is 38.3 Å². The summed E-state index contributed by atoms with van der Waals surface area (Å²) in [6.07, 6.45) is 5.98. The van der Waals surface area contributed by atoms with Gasteiger partial charge < -0.3 is 25.0 Å². The molecule has 2 N–H and O–H groups in total. The summed E-state index contributed by atoms with van der Waals surface area (Å²) in [6.45, 7) is 15.9. The van der Waals surface area contributed by atoms with Crippen LogP contribution in [-0.2, 0) is 25.3 Å². The van der Waals surface area contributed by atoms with E-state index in [0.29, 0.717) is 16.5 Å². The summed E-state index contributed by atoms with van der Waals surface area (Å²) in [4.78, 5) is 37.3. The number of carbonyl (C=O) groups excluding carboxylic acids is 2. The molecule has 0 aromatic carbocycles. The van der Waals surface area contributed by atoms with Gasteiger partial charge in [0, 0.05) is 44.2 Å². The molecule has 3 aromatic rings. The zero-order valence-electron chi connectivity index (χ0n) is 26.7. The number of carbonyl (C=O) groups is 2. The third-order valence-electron chi connectivity index (χ3n) is 5.88. The van der Waals surface area contributed by atoms with E-state index in [-0.39, 0.29) is 24.4 Å². The molecule has 1 fully saturated rings. The molecule has 0 spiro atoms. The normalized spacial score (nSPS) is 17.5. The van der Waals surface area contributed by atoms with Gasteiger partial charge in [0.2, 0.25) is 0 Å². The van der Waals surface area contributed by atoms with Crippen molar-refractivity contribution in [3.05, 3.63) is 47.1 Å². The van der Waals surface area contributed by atoms with E-state index in [9.17, 15) is 13.8 Å². The topological polar surface area (TPSA) is 128 Å². The van der Waals surface area contributed by atoms with Gasteiger partial charge in [0.25, 0.3) is 11.8 Å². The molecule has 4 atom stereocenters. The van der Waals surface area contributed by atoms with Crippen LogP contribution in [0.2, 0.25) is 0 Å². The molecule has 43 heavy (non-hydrogen) atoms. The Morgan fingerprint density at radius 2 is 1.81 bits per heavy atom. The first-order chi connectivity index (χ1) is 20.5. The van der Waals surface area contributed by atoms with Crippen LogP contribution >= 0.6 is 11.3 Å². The minimum Gasteiger partial charge on any atom is -0.382 e. The van der Waals surface area contributed by atoms with Crippen molar-refractivity contribution in [2.24, 2.45) is 0 Å². The molecule has 238 valence electrons. The number of anilines is 2. The van der Waals surface area contributed by atoms with Gasteiger partial charge in [-0.1, -0.05) is 34.1 Å². The molecular weight excluding hydrogens is 589 g/mol. The number of rotatable bonds is 9. The fourth-order valence-electron chi connectivity index (χ4n) is 4.21. The Bertz CT molecular complexity index is 1330. The number of morpholine rings is 1. The molecule has 2 amide bonds. The monoisotopic (exact) mass is 634 g/mol. The van der Waals surface area contributed by atoms with Crippen LogP contribution in [0.4, 0.5) is 10.9 Å². The number of ether oxygens (including phenoxy) is 2. The molecule has 1 aliphatic rings. The molecule has 4 rings (SSSR count). The maximum atomic E-state index is 13.0. The smallest absolute Gasteiger partial charge is 0.253 e. The average Bonchev–Trinajstić information content (AvgIpc) is 3.64. The lowest BCUT2D eigenvalue weighted by Crippen LogP contribution is -2.46. The Labute approximate surface area is 262 Å². The third kappa shape index (κ3) is 10.8. The Morgan fingerprint density at radius 1 is 1.16 bits per heavy atom. The predicted octanol–water partition coefficient (Wildman–Crippen LogP) is 4.90. The van der Waals surface area contributed by atoms with Crippen molar-refractivity contribution >= 4 is 45.1 Å². The molecular formula is C30H46N6O5S2. The van der Waals surface area contributed by atoms with Crippen LogP contribution in [0, 0.1) is 6.92 Å². The zero-order valence-corrected chi connectivity index (χ0v) is 28.3. The van der Waals surface area contributed by atoms with E-state index < -0.39 is 28.8 Å². The fraction of sp³-hybridized carbons (Fsp3) is 0.533. The summed E-state index contributed by atoms with van der Waals surface area (Å²) in [6, 6.07) is 4.59. The SMILES string of the molecule is CC.CCC.COCC(NC(=O)c1ccn(S(C)=O)c1)C(=O)Nc1nc(-c2cc(C)cc(N3CC(C)OC(C)C3)n2)cs1. The number of amides is 2. The van der Waals surface area contributed by atoms with E-state index in [4.69, 9.17) is 14.5 Å². The Balaban J connectivity index is 0.00000121. The lowest BCUT2D eigenvalue weighted by molar-refractivity contribution is -0.119. The Hall–Kier alpha value is -3.13. The van der Waals surface area contributed by atoms with Gasteiger partial charge >= 0.3 is 0 Å². The van der Waals surface area contributed by atoms with Gasteiger partial charge in [-0.2, -0.15) is 0 Å². The Morgan fingerprint density at radius 3 is 2.40 bits per heavy atom. The van der Waals surface area contributed by atoms with Crippen molar-refractivity contribution in [2.45, 2.75) is 73.1 Å². The first-order valence-electron chi connectivity index (χ1n) is 14.5. The molecule has 4 heterocycles. The maximum Gasteiger partial charge on any atom is 0.253 e. The first kappa shape index (κ1) is 36.1. The highest BCUT2D eigenvalue weighted by Crippen LogP contribution is 2.28. The number of hydrogen-bond donors (Lipinski definition) is 2. The number of pyridine rings is 1. The highest BCUT2D eigenvalue weighted by atomic mass is 32.2. The second kappa shape index (κ2) is 17.9. The predicted molar refractivity (Wildman–Crippen MR) is 175 cm³/mol. The van der Waals surface area contributed by atoms with Crippen molar-refractivity contribution in [1.82, 2.24) is 19.3 Å². The summed E-state index contributed by atoms with van der Waals surface area (Å²) >= 11 is 1.27. The van der Waals surface area contributed by atoms with Crippen LogP contribution in [0.15, 0.2) is 36.0 Å².